The van der Waals surface area contributed by atoms with E-state index in [-0.39, 0.29) is 32.2 Å². The van der Waals surface area contributed by atoms with Crippen molar-refractivity contribution in [3.63, 3.8) is 0 Å². The van der Waals surface area contributed by atoms with Gasteiger partial charge in [-0.25, -0.2) is 9.59 Å². The van der Waals surface area contributed by atoms with Crippen LogP contribution in [0, 0.1) is 0 Å². The predicted molar refractivity (Wildman–Crippen MR) is 65.8 cm³/mol. The molecule has 0 heterocycles. The summed E-state index contributed by atoms with van der Waals surface area (Å²) < 4.78 is 0. The predicted octanol–water partition coefficient (Wildman–Crippen LogP) is 2.75. The fraction of sp³-hybridized carbons (Fsp3) is 0. The van der Waals surface area contributed by atoms with Crippen LogP contribution >= 0.6 is 0 Å². The van der Waals surface area contributed by atoms with Crippen LogP contribution in [0.2, 0.25) is 0 Å². The zero-order valence-corrected chi connectivity index (χ0v) is 11.7. The van der Waals surface area contributed by atoms with Gasteiger partial charge < -0.3 is 10.2 Å². The first-order valence-electron chi connectivity index (χ1n) is 5.26. The molecule has 0 aliphatic heterocycles. The third kappa shape index (κ3) is 3.09. The van der Waals surface area contributed by atoms with Crippen LogP contribution in [-0.4, -0.2) is 22.2 Å². The molecule has 0 aliphatic rings. The number of benzene rings is 2. The van der Waals surface area contributed by atoms with E-state index in [4.69, 9.17) is 5.11 Å². The van der Waals surface area contributed by atoms with Gasteiger partial charge in [0.15, 0.2) is 0 Å². The van der Waals surface area contributed by atoms with Crippen LogP contribution in [0.1, 0.15) is 20.7 Å². The van der Waals surface area contributed by atoms with Crippen LogP contribution in [0.3, 0.4) is 0 Å². The van der Waals surface area contributed by atoms with Gasteiger partial charge in [-0.1, -0.05) is 42.5 Å². The Morgan fingerprint density at radius 2 is 1.42 bits per heavy atom. The van der Waals surface area contributed by atoms with Gasteiger partial charge in [0.25, 0.3) is 0 Å². The molecule has 4 nitrogen and oxygen atoms in total. The van der Waals surface area contributed by atoms with E-state index in [0.29, 0.717) is 11.1 Å². The summed E-state index contributed by atoms with van der Waals surface area (Å²) in [5.41, 5.74) is 0.695. The van der Waals surface area contributed by atoms with Crippen LogP contribution in [0.4, 0.5) is 0 Å². The molecule has 0 radical (unpaired) electrons. The molecule has 2 N–H and O–H groups in total. The first-order valence-corrected chi connectivity index (χ1v) is 5.26. The van der Waals surface area contributed by atoms with E-state index < -0.39 is 11.9 Å². The minimum absolute atomic E-state index is 0. The Morgan fingerprint density at radius 1 is 0.789 bits per heavy atom. The topological polar surface area (TPSA) is 74.6 Å². The Balaban J connectivity index is 0.00000180. The van der Waals surface area contributed by atoms with E-state index in [1.807, 2.05) is 6.07 Å². The molecule has 0 amide bonds. The number of aromatic carboxylic acids is 2. The molecule has 0 fully saturated rings. The fourth-order valence-electron chi connectivity index (χ4n) is 1.82. The van der Waals surface area contributed by atoms with Crippen molar-refractivity contribution in [3.8, 4) is 11.1 Å². The largest absolute Gasteiger partial charge is 0.478 e. The van der Waals surface area contributed by atoms with Gasteiger partial charge in [0.2, 0.25) is 0 Å². The second kappa shape index (κ2) is 6.30. The second-order valence-corrected chi connectivity index (χ2v) is 3.70. The minimum Gasteiger partial charge on any atom is -0.478 e. The van der Waals surface area contributed by atoms with E-state index in [1.165, 1.54) is 12.1 Å². The van der Waals surface area contributed by atoms with Crippen molar-refractivity contribution in [2.75, 3.05) is 0 Å². The maximum Gasteiger partial charge on any atom is 0.337 e. The van der Waals surface area contributed by atoms with Crippen molar-refractivity contribution < 1.29 is 40.9 Å². The molecule has 0 spiro atoms. The zero-order valence-electron chi connectivity index (χ0n) is 9.74. The van der Waals surface area contributed by atoms with Gasteiger partial charge in [-0.05, 0) is 17.2 Å². The summed E-state index contributed by atoms with van der Waals surface area (Å²) >= 11 is 0. The second-order valence-electron chi connectivity index (χ2n) is 3.70. The quantitative estimate of drug-likeness (QED) is 0.844. The average Bonchev–Trinajstić information content (AvgIpc) is 2.38. The van der Waals surface area contributed by atoms with E-state index in [0.717, 1.165) is 0 Å². The Bertz CT molecular complexity index is 608. The summed E-state index contributed by atoms with van der Waals surface area (Å²) in [5.74, 6) is -2.49. The smallest absolute Gasteiger partial charge is 0.337 e. The number of carboxylic acids is 2. The molecule has 2 aromatic carbocycles. The molecule has 0 atom stereocenters. The van der Waals surface area contributed by atoms with Crippen molar-refractivity contribution in [1.29, 1.82) is 0 Å². The molecule has 5 heteroatoms. The Hall–Kier alpha value is -1.93. The molecule has 0 bridgehead atoms. The van der Waals surface area contributed by atoms with Crippen LogP contribution in [0.5, 0.6) is 0 Å². The molecule has 0 saturated heterocycles. The van der Waals surface area contributed by atoms with Crippen LogP contribution in [0.25, 0.3) is 11.1 Å². The van der Waals surface area contributed by atoms with Crippen molar-refractivity contribution in [1.82, 2.24) is 0 Å². The molecule has 0 aromatic heterocycles. The summed E-state index contributed by atoms with van der Waals surface area (Å²) in [6.45, 7) is 0. The monoisotopic (exact) mass is 340 g/mol. The number of hydrogen-bond donors (Lipinski definition) is 2. The Morgan fingerprint density at radius 3 is 1.95 bits per heavy atom. The number of hydrogen-bond acceptors (Lipinski definition) is 2. The molecule has 19 heavy (non-hydrogen) atoms. The van der Waals surface area contributed by atoms with Gasteiger partial charge in [-0.15, -0.1) is 0 Å². The normalized spacial score (nSPS) is 9.47. The van der Waals surface area contributed by atoms with Gasteiger partial charge in [0.05, 0.1) is 11.1 Å². The summed E-state index contributed by atoms with van der Waals surface area (Å²) in [4.78, 5) is 22.3. The molecular formula is C14H10MoO4. The first-order chi connectivity index (χ1) is 8.61. The van der Waals surface area contributed by atoms with Gasteiger partial charge in [0, 0.05) is 21.1 Å². The van der Waals surface area contributed by atoms with E-state index in [2.05, 4.69) is 0 Å². The fourth-order valence-corrected chi connectivity index (χ4v) is 1.82. The number of carboxylic acid groups (broad SMARTS) is 2. The van der Waals surface area contributed by atoms with Crippen molar-refractivity contribution in [2.24, 2.45) is 0 Å². The molecule has 0 unspecified atom stereocenters. The van der Waals surface area contributed by atoms with Crippen LogP contribution < -0.4 is 0 Å². The number of carbonyl (C=O) groups is 2. The molecule has 0 aliphatic carbocycles. The van der Waals surface area contributed by atoms with E-state index >= 15 is 0 Å². The summed E-state index contributed by atoms with van der Waals surface area (Å²) in [5, 5.41) is 18.2. The molecule has 0 saturated carbocycles. The summed E-state index contributed by atoms with van der Waals surface area (Å²) in [7, 11) is 0. The average molecular weight is 338 g/mol. The first kappa shape index (κ1) is 15.1. The molecule has 2 aromatic rings. The van der Waals surface area contributed by atoms with Crippen molar-refractivity contribution >= 4 is 11.9 Å². The maximum atomic E-state index is 11.3. The SMILES string of the molecule is O=C(O)c1cccc(-c2ccccc2)c1C(=O)O.[Mo]. The summed E-state index contributed by atoms with van der Waals surface area (Å²) in [6.07, 6.45) is 0. The Labute approximate surface area is 124 Å². The van der Waals surface area contributed by atoms with E-state index in [1.54, 1.807) is 30.3 Å². The van der Waals surface area contributed by atoms with Gasteiger partial charge in [-0.3, -0.25) is 0 Å². The minimum atomic E-state index is -1.25. The number of rotatable bonds is 3. The molecule has 96 valence electrons. The van der Waals surface area contributed by atoms with Crippen LogP contribution in [0.15, 0.2) is 48.5 Å². The van der Waals surface area contributed by atoms with Gasteiger partial charge in [-0.2, -0.15) is 0 Å². The van der Waals surface area contributed by atoms with Gasteiger partial charge >= 0.3 is 11.9 Å². The maximum absolute atomic E-state index is 11.3. The van der Waals surface area contributed by atoms with Crippen LogP contribution in [-0.2, 0) is 21.1 Å². The third-order valence-electron chi connectivity index (χ3n) is 2.59. The van der Waals surface area contributed by atoms with Gasteiger partial charge in [0.1, 0.15) is 0 Å². The third-order valence-corrected chi connectivity index (χ3v) is 2.59. The summed E-state index contributed by atoms with van der Waals surface area (Å²) in [6, 6.07) is 13.3. The zero-order chi connectivity index (χ0) is 13.1. The van der Waals surface area contributed by atoms with E-state index in [9.17, 15) is 14.7 Å². The molecular weight excluding hydrogens is 328 g/mol. The Kier molecular flexibility index (Phi) is 5.01. The van der Waals surface area contributed by atoms with Crippen molar-refractivity contribution in [3.05, 3.63) is 59.7 Å². The standard InChI is InChI=1S/C14H10O4.Mo/c15-13(16)11-8-4-7-10(12(11)14(17)18)9-5-2-1-3-6-9;/h1-8H,(H,15,16)(H,17,18);. The molecule has 2 rings (SSSR count). The van der Waals surface area contributed by atoms with Crippen molar-refractivity contribution in [2.45, 2.75) is 0 Å².